The molecule has 0 amide bonds. The summed E-state index contributed by atoms with van der Waals surface area (Å²) in [5.41, 5.74) is 1.13. The van der Waals surface area contributed by atoms with Gasteiger partial charge in [-0.05, 0) is 78.2 Å². The second-order valence-electron chi connectivity index (χ2n) is 6.28. The maximum absolute atomic E-state index is 13.7. The molecule has 0 saturated heterocycles. The molecule has 2 rings (SSSR count). The highest BCUT2D eigenvalue weighted by Gasteiger charge is 2.24. The lowest BCUT2D eigenvalue weighted by atomic mass is 9.83. The summed E-state index contributed by atoms with van der Waals surface area (Å²) >= 11 is 3.42. The van der Waals surface area contributed by atoms with Gasteiger partial charge in [-0.3, -0.25) is 0 Å². The van der Waals surface area contributed by atoms with E-state index in [1.807, 2.05) is 6.07 Å². The summed E-state index contributed by atoms with van der Waals surface area (Å²) in [6, 6.07) is 5.42. The summed E-state index contributed by atoms with van der Waals surface area (Å²) in [7, 11) is 0. The van der Waals surface area contributed by atoms with Crippen LogP contribution in [0.25, 0.3) is 0 Å². The highest BCUT2D eigenvalue weighted by Crippen LogP contribution is 2.33. The molecule has 3 heteroatoms. The van der Waals surface area contributed by atoms with Gasteiger partial charge in [-0.15, -0.1) is 0 Å². The molecule has 1 fully saturated rings. The average Bonchev–Trinajstić information content (AvgIpc) is 2.70. The fourth-order valence-electron chi connectivity index (χ4n) is 3.45. The van der Waals surface area contributed by atoms with Gasteiger partial charge in [0, 0.05) is 0 Å². The monoisotopic (exact) mass is 355 g/mol. The highest BCUT2D eigenvalue weighted by molar-refractivity contribution is 9.10. The van der Waals surface area contributed by atoms with Crippen molar-refractivity contribution in [3.05, 3.63) is 34.1 Å². The maximum Gasteiger partial charge on any atom is 0.137 e. The molecule has 1 saturated carbocycles. The average molecular weight is 356 g/mol. The number of halogens is 2. The minimum Gasteiger partial charge on any atom is -0.316 e. The largest absolute Gasteiger partial charge is 0.316 e. The zero-order valence-electron chi connectivity index (χ0n) is 13.0. The summed E-state index contributed by atoms with van der Waals surface area (Å²) in [6.45, 7) is 4.43. The minimum absolute atomic E-state index is 0.137. The second-order valence-corrected chi connectivity index (χ2v) is 7.07. The minimum atomic E-state index is -0.137. The maximum atomic E-state index is 13.7. The first-order valence-electron chi connectivity index (χ1n) is 8.36. The number of rotatable bonds is 6. The molecule has 2 atom stereocenters. The van der Waals surface area contributed by atoms with Crippen molar-refractivity contribution in [2.45, 2.75) is 51.9 Å². The molecule has 118 valence electrons. The van der Waals surface area contributed by atoms with Gasteiger partial charge in [0.1, 0.15) is 5.82 Å². The first-order chi connectivity index (χ1) is 10.2. The van der Waals surface area contributed by atoms with E-state index in [2.05, 4.69) is 34.2 Å². The number of hydrogen-bond acceptors (Lipinski definition) is 1. The molecule has 0 radical (unpaired) electrons. The molecule has 0 spiro atoms. The van der Waals surface area contributed by atoms with Gasteiger partial charge >= 0.3 is 0 Å². The van der Waals surface area contributed by atoms with Crippen LogP contribution >= 0.6 is 15.9 Å². The Morgan fingerprint density at radius 1 is 1.19 bits per heavy atom. The normalized spacial score (nSPS) is 23.0. The van der Waals surface area contributed by atoms with Gasteiger partial charge in [0.05, 0.1) is 4.47 Å². The van der Waals surface area contributed by atoms with Crippen LogP contribution in [0.3, 0.4) is 0 Å². The Morgan fingerprint density at radius 3 is 2.71 bits per heavy atom. The van der Waals surface area contributed by atoms with E-state index >= 15 is 0 Å². The third-order valence-electron chi connectivity index (χ3n) is 4.66. The summed E-state index contributed by atoms with van der Waals surface area (Å²) in [4.78, 5) is 0. The molecule has 21 heavy (non-hydrogen) atoms. The molecule has 1 aromatic rings. The van der Waals surface area contributed by atoms with Crippen LogP contribution in [0.4, 0.5) is 4.39 Å². The SMILES string of the molecule is CCCNCC1CCCCCC1Cc1cccc(F)c1Br. The fourth-order valence-corrected chi connectivity index (χ4v) is 3.88. The van der Waals surface area contributed by atoms with Gasteiger partial charge in [0.15, 0.2) is 0 Å². The van der Waals surface area contributed by atoms with Gasteiger partial charge in [-0.25, -0.2) is 4.39 Å². The molecule has 0 aliphatic heterocycles. The predicted molar refractivity (Wildman–Crippen MR) is 91.0 cm³/mol. The van der Waals surface area contributed by atoms with Crippen molar-refractivity contribution in [1.29, 1.82) is 0 Å². The highest BCUT2D eigenvalue weighted by atomic mass is 79.9. The Labute approximate surface area is 136 Å². The van der Waals surface area contributed by atoms with Crippen molar-refractivity contribution in [2.75, 3.05) is 13.1 Å². The molecule has 0 aromatic heterocycles. The van der Waals surface area contributed by atoms with E-state index in [0.29, 0.717) is 10.4 Å². The molecule has 1 N–H and O–H groups in total. The quantitative estimate of drug-likeness (QED) is 0.537. The number of benzene rings is 1. The zero-order valence-corrected chi connectivity index (χ0v) is 14.6. The lowest BCUT2D eigenvalue weighted by molar-refractivity contribution is 0.297. The Bertz CT molecular complexity index is 435. The Balaban J connectivity index is 2.03. The molecular formula is C18H27BrFN. The lowest BCUT2D eigenvalue weighted by Gasteiger charge is -2.26. The fraction of sp³-hybridized carbons (Fsp3) is 0.667. The smallest absolute Gasteiger partial charge is 0.137 e. The van der Waals surface area contributed by atoms with Crippen molar-refractivity contribution >= 4 is 15.9 Å². The lowest BCUT2D eigenvalue weighted by Crippen LogP contribution is -2.29. The molecule has 2 unspecified atom stereocenters. The Hall–Kier alpha value is -0.410. The molecule has 1 aromatic carbocycles. The van der Waals surface area contributed by atoms with Crippen LogP contribution in [-0.2, 0) is 6.42 Å². The van der Waals surface area contributed by atoms with Gasteiger partial charge in [0.25, 0.3) is 0 Å². The van der Waals surface area contributed by atoms with E-state index in [1.165, 1.54) is 44.6 Å². The van der Waals surface area contributed by atoms with Crippen LogP contribution in [0.1, 0.15) is 51.0 Å². The molecule has 1 aliphatic carbocycles. The summed E-state index contributed by atoms with van der Waals surface area (Å²) in [5, 5.41) is 3.59. The molecule has 0 heterocycles. The summed E-state index contributed by atoms with van der Waals surface area (Å²) < 4.78 is 14.4. The summed E-state index contributed by atoms with van der Waals surface area (Å²) in [6.07, 6.45) is 8.80. The van der Waals surface area contributed by atoms with Crippen LogP contribution in [0, 0.1) is 17.7 Å². The van der Waals surface area contributed by atoms with Crippen molar-refractivity contribution in [3.63, 3.8) is 0 Å². The zero-order chi connectivity index (χ0) is 15.1. The van der Waals surface area contributed by atoms with Crippen molar-refractivity contribution in [3.8, 4) is 0 Å². The van der Waals surface area contributed by atoms with E-state index in [4.69, 9.17) is 0 Å². The number of hydrogen-bond donors (Lipinski definition) is 1. The Kier molecular flexibility index (Phi) is 7.18. The van der Waals surface area contributed by atoms with E-state index in [9.17, 15) is 4.39 Å². The molecule has 0 bridgehead atoms. The first-order valence-corrected chi connectivity index (χ1v) is 9.15. The summed E-state index contributed by atoms with van der Waals surface area (Å²) in [5.74, 6) is 1.27. The third-order valence-corrected chi connectivity index (χ3v) is 5.55. The van der Waals surface area contributed by atoms with Crippen molar-refractivity contribution < 1.29 is 4.39 Å². The molecular weight excluding hydrogens is 329 g/mol. The van der Waals surface area contributed by atoms with Gasteiger partial charge < -0.3 is 5.32 Å². The van der Waals surface area contributed by atoms with Crippen LogP contribution in [0.5, 0.6) is 0 Å². The Morgan fingerprint density at radius 2 is 1.95 bits per heavy atom. The van der Waals surface area contributed by atoms with E-state index < -0.39 is 0 Å². The van der Waals surface area contributed by atoms with Gasteiger partial charge in [-0.2, -0.15) is 0 Å². The predicted octanol–water partition coefficient (Wildman–Crippen LogP) is 5.33. The third kappa shape index (κ3) is 5.07. The van der Waals surface area contributed by atoms with Crippen molar-refractivity contribution in [1.82, 2.24) is 5.32 Å². The standard InChI is InChI=1S/C18H27BrFN/c1-2-11-21-13-16-8-5-3-4-7-14(16)12-15-9-6-10-17(20)18(15)19/h6,9-10,14,16,21H,2-5,7-8,11-13H2,1H3. The number of nitrogens with one attached hydrogen (secondary N) is 1. The van der Waals surface area contributed by atoms with Crippen LogP contribution < -0.4 is 5.32 Å². The van der Waals surface area contributed by atoms with Crippen LogP contribution in [-0.4, -0.2) is 13.1 Å². The van der Waals surface area contributed by atoms with Gasteiger partial charge in [0.2, 0.25) is 0 Å². The van der Waals surface area contributed by atoms with Crippen molar-refractivity contribution in [2.24, 2.45) is 11.8 Å². The van der Waals surface area contributed by atoms with Crippen LogP contribution in [0.2, 0.25) is 0 Å². The van der Waals surface area contributed by atoms with E-state index in [-0.39, 0.29) is 5.82 Å². The van der Waals surface area contributed by atoms with Crippen LogP contribution in [0.15, 0.2) is 22.7 Å². The van der Waals surface area contributed by atoms with Gasteiger partial charge in [-0.1, -0.05) is 38.3 Å². The molecule has 1 nitrogen and oxygen atoms in total. The molecule has 1 aliphatic rings. The second kappa shape index (κ2) is 8.89. The topological polar surface area (TPSA) is 12.0 Å². The van der Waals surface area contributed by atoms with E-state index in [1.54, 1.807) is 0 Å². The first kappa shape index (κ1) is 17.0. The van der Waals surface area contributed by atoms with E-state index in [0.717, 1.165) is 31.0 Å².